The van der Waals surface area contributed by atoms with Crippen LogP contribution < -0.4 is 19.9 Å². The van der Waals surface area contributed by atoms with Crippen LogP contribution in [-0.2, 0) is 6.42 Å². The van der Waals surface area contributed by atoms with E-state index in [1.54, 1.807) is 19.2 Å². The molecule has 22 heavy (non-hydrogen) atoms. The second kappa shape index (κ2) is 8.51. The van der Waals surface area contributed by atoms with E-state index in [-0.39, 0.29) is 0 Å². The van der Waals surface area contributed by atoms with Crippen LogP contribution in [0.15, 0.2) is 42.5 Å². The van der Waals surface area contributed by atoms with Gasteiger partial charge in [-0.05, 0) is 48.9 Å². The molecule has 0 unspecified atom stereocenters. The Kier molecular flexibility index (Phi) is 6.37. The highest BCUT2D eigenvalue weighted by Crippen LogP contribution is 2.25. The van der Waals surface area contributed by atoms with Crippen LogP contribution >= 0.6 is 11.6 Å². The molecule has 0 saturated carbocycles. The SMILES string of the molecule is COc1ccc(CCN)c(OCCOc2ccc(Cl)cc2)c1. The number of hydrogen-bond donors (Lipinski definition) is 1. The number of hydrogen-bond acceptors (Lipinski definition) is 4. The van der Waals surface area contributed by atoms with Gasteiger partial charge in [0.15, 0.2) is 0 Å². The summed E-state index contributed by atoms with van der Waals surface area (Å²) in [6, 6.07) is 13.0. The maximum Gasteiger partial charge on any atom is 0.126 e. The Morgan fingerprint density at radius 3 is 2.32 bits per heavy atom. The molecule has 5 heteroatoms. The molecule has 2 N–H and O–H groups in total. The normalized spacial score (nSPS) is 10.3. The van der Waals surface area contributed by atoms with Gasteiger partial charge < -0.3 is 19.9 Å². The first-order valence-corrected chi connectivity index (χ1v) is 7.49. The number of benzene rings is 2. The monoisotopic (exact) mass is 321 g/mol. The van der Waals surface area contributed by atoms with Gasteiger partial charge in [0.1, 0.15) is 30.5 Å². The van der Waals surface area contributed by atoms with Crippen LogP contribution in [0.3, 0.4) is 0 Å². The lowest BCUT2D eigenvalue weighted by molar-refractivity contribution is 0.215. The molecule has 2 rings (SSSR count). The molecule has 0 aliphatic heterocycles. The number of rotatable bonds is 8. The smallest absolute Gasteiger partial charge is 0.126 e. The van der Waals surface area contributed by atoms with Crippen LogP contribution in [0.5, 0.6) is 17.2 Å². The van der Waals surface area contributed by atoms with Gasteiger partial charge in [-0.15, -0.1) is 0 Å². The Balaban J connectivity index is 1.88. The van der Waals surface area contributed by atoms with Crippen molar-refractivity contribution in [2.24, 2.45) is 5.73 Å². The van der Waals surface area contributed by atoms with E-state index in [9.17, 15) is 0 Å². The van der Waals surface area contributed by atoms with Gasteiger partial charge in [-0.3, -0.25) is 0 Å². The Bertz CT molecular complexity index is 587. The van der Waals surface area contributed by atoms with Crippen LogP contribution in [0.4, 0.5) is 0 Å². The van der Waals surface area contributed by atoms with Crippen molar-refractivity contribution in [3.63, 3.8) is 0 Å². The summed E-state index contributed by atoms with van der Waals surface area (Å²) >= 11 is 5.83. The predicted octanol–water partition coefficient (Wildman–Crippen LogP) is 3.31. The summed E-state index contributed by atoms with van der Waals surface area (Å²) in [5.74, 6) is 2.31. The van der Waals surface area contributed by atoms with E-state index in [1.165, 1.54) is 0 Å². The number of nitrogens with two attached hydrogens (primary N) is 1. The quantitative estimate of drug-likeness (QED) is 0.758. The molecule has 0 radical (unpaired) electrons. The number of halogens is 1. The molecular weight excluding hydrogens is 302 g/mol. The van der Waals surface area contributed by atoms with E-state index >= 15 is 0 Å². The van der Waals surface area contributed by atoms with Crippen LogP contribution in [0.25, 0.3) is 0 Å². The van der Waals surface area contributed by atoms with Gasteiger partial charge in [0.2, 0.25) is 0 Å². The largest absolute Gasteiger partial charge is 0.497 e. The second-order valence-corrected chi connectivity index (χ2v) is 5.10. The molecule has 0 aliphatic rings. The van der Waals surface area contributed by atoms with Crippen molar-refractivity contribution in [2.75, 3.05) is 26.9 Å². The molecule has 0 atom stereocenters. The summed E-state index contributed by atoms with van der Waals surface area (Å²) in [6.45, 7) is 1.46. The molecule has 0 fully saturated rings. The maximum absolute atomic E-state index is 5.83. The standard InChI is InChI=1S/C17H20ClNO3/c1-20-16-5-2-13(8-9-19)17(12-16)22-11-10-21-15-6-3-14(18)4-7-15/h2-7,12H,8-11,19H2,1H3. The van der Waals surface area contributed by atoms with E-state index in [0.717, 1.165) is 29.2 Å². The third kappa shape index (κ3) is 4.83. The molecule has 4 nitrogen and oxygen atoms in total. The minimum atomic E-state index is 0.438. The average molecular weight is 322 g/mol. The van der Waals surface area contributed by atoms with Crippen molar-refractivity contribution in [1.82, 2.24) is 0 Å². The van der Waals surface area contributed by atoms with Crippen molar-refractivity contribution in [3.8, 4) is 17.2 Å². The fourth-order valence-corrected chi connectivity index (χ4v) is 2.13. The molecular formula is C17H20ClNO3. The molecule has 2 aromatic carbocycles. The highest BCUT2D eigenvalue weighted by atomic mass is 35.5. The van der Waals surface area contributed by atoms with E-state index in [0.29, 0.717) is 24.8 Å². The van der Waals surface area contributed by atoms with E-state index in [2.05, 4.69) is 0 Å². The first-order chi connectivity index (χ1) is 10.7. The number of ether oxygens (including phenoxy) is 3. The fraction of sp³-hybridized carbons (Fsp3) is 0.294. The lowest BCUT2D eigenvalue weighted by Gasteiger charge is -2.13. The van der Waals surface area contributed by atoms with Crippen molar-refractivity contribution >= 4 is 11.6 Å². The Hall–Kier alpha value is -1.91. The topological polar surface area (TPSA) is 53.7 Å². The molecule has 0 heterocycles. The van der Waals surface area contributed by atoms with Crippen LogP contribution in [0.1, 0.15) is 5.56 Å². The molecule has 0 bridgehead atoms. The first-order valence-electron chi connectivity index (χ1n) is 7.11. The minimum Gasteiger partial charge on any atom is -0.497 e. The average Bonchev–Trinajstić information content (AvgIpc) is 2.54. The number of methoxy groups -OCH3 is 1. The molecule has 0 amide bonds. The van der Waals surface area contributed by atoms with Gasteiger partial charge >= 0.3 is 0 Å². The van der Waals surface area contributed by atoms with E-state index < -0.39 is 0 Å². The first kappa shape index (κ1) is 16.5. The van der Waals surface area contributed by atoms with Gasteiger partial charge in [-0.2, -0.15) is 0 Å². The molecule has 2 aromatic rings. The summed E-state index contributed by atoms with van der Waals surface area (Å²) in [4.78, 5) is 0. The minimum absolute atomic E-state index is 0.438. The molecule has 0 spiro atoms. The van der Waals surface area contributed by atoms with Crippen molar-refractivity contribution in [1.29, 1.82) is 0 Å². The molecule has 118 valence electrons. The van der Waals surface area contributed by atoms with Crippen LogP contribution in [-0.4, -0.2) is 26.9 Å². The summed E-state index contributed by atoms with van der Waals surface area (Å²) in [5, 5.41) is 0.686. The van der Waals surface area contributed by atoms with Crippen LogP contribution in [0, 0.1) is 0 Å². The Morgan fingerprint density at radius 2 is 1.64 bits per heavy atom. The maximum atomic E-state index is 5.83. The Morgan fingerprint density at radius 1 is 0.955 bits per heavy atom. The van der Waals surface area contributed by atoms with Crippen LogP contribution in [0.2, 0.25) is 5.02 Å². The summed E-state index contributed by atoms with van der Waals surface area (Å²) in [5.41, 5.74) is 6.69. The van der Waals surface area contributed by atoms with Gasteiger partial charge in [0, 0.05) is 11.1 Å². The zero-order valence-electron chi connectivity index (χ0n) is 12.5. The van der Waals surface area contributed by atoms with E-state index in [1.807, 2.05) is 30.3 Å². The molecule has 0 aliphatic carbocycles. The second-order valence-electron chi connectivity index (χ2n) is 4.66. The van der Waals surface area contributed by atoms with Gasteiger partial charge in [0.05, 0.1) is 7.11 Å². The van der Waals surface area contributed by atoms with Gasteiger partial charge in [-0.25, -0.2) is 0 Å². The van der Waals surface area contributed by atoms with Gasteiger partial charge in [0.25, 0.3) is 0 Å². The lowest BCUT2D eigenvalue weighted by Crippen LogP contribution is -2.11. The zero-order chi connectivity index (χ0) is 15.8. The van der Waals surface area contributed by atoms with Crippen molar-refractivity contribution in [3.05, 3.63) is 53.1 Å². The predicted molar refractivity (Wildman–Crippen MR) is 88.2 cm³/mol. The molecule has 0 saturated heterocycles. The summed E-state index contributed by atoms with van der Waals surface area (Å²) in [6.07, 6.45) is 0.761. The lowest BCUT2D eigenvalue weighted by atomic mass is 10.1. The van der Waals surface area contributed by atoms with Crippen molar-refractivity contribution in [2.45, 2.75) is 6.42 Å². The van der Waals surface area contributed by atoms with Crippen molar-refractivity contribution < 1.29 is 14.2 Å². The summed E-state index contributed by atoms with van der Waals surface area (Å²) < 4.78 is 16.6. The molecule has 0 aromatic heterocycles. The fourth-order valence-electron chi connectivity index (χ4n) is 2.00. The highest BCUT2D eigenvalue weighted by molar-refractivity contribution is 6.30. The third-order valence-corrected chi connectivity index (χ3v) is 3.36. The zero-order valence-corrected chi connectivity index (χ0v) is 13.3. The van der Waals surface area contributed by atoms with Gasteiger partial charge in [-0.1, -0.05) is 17.7 Å². The highest BCUT2D eigenvalue weighted by Gasteiger charge is 2.05. The summed E-state index contributed by atoms with van der Waals surface area (Å²) in [7, 11) is 1.63. The third-order valence-electron chi connectivity index (χ3n) is 3.11. The van der Waals surface area contributed by atoms with E-state index in [4.69, 9.17) is 31.5 Å². The Labute approximate surface area is 135 Å².